The summed E-state index contributed by atoms with van der Waals surface area (Å²) in [5.41, 5.74) is 0. The molecule has 0 aliphatic heterocycles. The number of aromatic nitrogens is 2. The SMILES string of the molecule is COC(=O)C(C)C(=O)OC.Cn1ccnc1. The van der Waals surface area contributed by atoms with Gasteiger partial charge in [0.25, 0.3) is 0 Å². The van der Waals surface area contributed by atoms with Crippen LogP contribution in [0.4, 0.5) is 0 Å². The third kappa shape index (κ3) is 5.14. The van der Waals surface area contributed by atoms with Crippen molar-refractivity contribution in [3.63, 3.8) is 0 Å². The van der Waals surface area contributed by atoms with Crippen LogP contribution in [0, 0.1) is 5.92 Å². The third-order valence-corrected chi connectivity index (χ3v) is 1.75. The van der Waals surface area contributed by atoms with E-state index in [1.807, 2.05) is 17.8 Å². The van der Waals surface area contributed by atoms with Crippen molar-refractivity contribution in [1.29, 1.82) is 0 Å². The van der Waals surface area contributed by atoms with Crippen LogP contribution in [0.5, 0.6) is 0 Å². The monoisotopic (exact) mass is 228 g/mol. The molecule has 0 fully saturated rings. The number of carbonyl (C=O) groups excluding carboxylic acids is 2. The van der Waals surface area contributed by atoms with Crippen LogP contribution in [0.3, 0.4) is 0 Å². The fourth-order valence-corrected chi connectivity index (χ4v) is 0.776. The van der Waals surface area contributed by atoms with Crippen molar-refractivity contribution in [1.82, 2.24) is 9.55 Å². The Morgan fingerprint density at radius 2 is 1.75 bits per heavy atom. The number of carbonyl (C=O) groups is 2. The van der Waals surface area contributed by atoms with Crippen molar-refractivity contribution in [2.24, 2.45) is 13.0 Å². The van der Waals surface area contributed by atoms with Crippen LogP contribution in [0.2, 0.25) is 0 Å². The lowest BCUT2D eigenvalue weighted by Crippen LogP contribution is -2.23. The lowest BCUT2D eigenvalue weighted by molar-refractivity contribution is -0.157. The summed E-state index contributed by atoms with van der Waals surface area (Å²) in [6.45, 7) is 1.43. The molecule has 1 rings (SSSR count). The van der Waals surface area contributed by atoms with E-state index in [-0.39, 0.29) is 0 Å². The Labute approximate surface area is 94.2 Å². The van der Waals surface area contributed by atoms with Crippen molar-refractivity contribution in [2.75, 3.05) is 14.2 Å². The van der Waals surface area contributed by atoms with Gasteiger partial charge in [-0.25, -0.2) is 4.98 Å². The first-order chi connectivity index (χ1) is 7.52. The number of methoxy groups -OCH3 is 2. The largest absolute Gasteiger partial charge is 0.468 e. The number of rotatable bonds is 2. The van der Waals surface area contributed by atoms with Crippen molar-refractivity contribution in [3.05, 3.63) is 18.7 Å². The maximum atomic E-state index is 10.6. The number of aryl methyl sites for hydroxylation is 1. The predicted octanol–water partition coefficient (Wildman–Crippen LogP) is 0.389. The molecule has 0 N–H and O–H groups in total. The lowest BCUT2D eigenvalue weighted by Gasteiger charge is -2.04. The number of ether oxygens (including phenoxy) is 2. The van der Waals surface area contributed by atoms with E-state index in [1.54, 1.807) is 12.5 Å². The second kappa shape index (κ2) is 7.44. The van der Waals surface area contributed by atoms with E-state index in [0.29, 0.717) is 0 Å². The standard InChI is InChI=1S/C6H10O4.C4H6N2/c1-4(5(7)9-2)6(8)10-3;1-6-3-2-5-4-6/h4H,1-3H3;2-4H,1H3. The van der Waals surface area contributed by atoms with Crippen LogP contribution in [-0.2, 0) is 26.1 Å². The van der Waals surface area contributed by atoms with Gasteiger partial charge in [-0.15, -0.1) is 0 Å². The molecule has 0 aliphatic rings. The maximum absolute atomic E-state index is 10.6. The van der Waals surface area contributed by atoms with Gasteiger partial charge in [0.1, 0.15) is 0 Å². The highest BCUT2D eigenvalue weighted by Gasteiger charge is 2.22. The highest BCUT2D eigenvalue weighted by molar-refractivity contribution is 5.94. The molecule has 16 heavy (non-hydrogen) atoms. The fourth-order valence-electron chi connectivity index (χ4n) is 0.776. The van der Waals surface area contributed by atoms with Gasteiger partial charge in [-0.2, -0.15) is 0 Å². The Morgan fingerprint density at radius 1 is 1.25 bits per heavy atom. The molecule has 0 saturated carbocycles. The molecule has 90 valence electrons. The highest BCUT2D eigenvalue weighted by atomic mass is 16.5. The van der Waals surface area contributed by atoms with E-state index in [4.69, 9.17) is 0 Å². The van der Waals surface area contributed by atoms with Crippen LogP contribution < -0.4 is 0 Å². The zero-order chi connectivity index (χ0) is 12.6. The fraction of sp³-hybridized carbons (Fsp3) is 0.500. The molecule has 0 radical (unpaired) electrons. The number of imidazole rings is 1. The minimum Gasteiger partial charge on any atom is -0.468 e. The number of hydrogen-bond donors (Lipinski definition) is 0. The molecule has 0 atom stereocenters. The van der Waals surface area contributed by atoms with E-state index in [9.17, 15) is 9.59 Å². The van der Waals surface area contributed by atoms with Gasteiger partial charge in [0, 0.05) is 19.4 Å². The maximum Gasteiger partial charge on any atom is 0.319 e. The minimum absolute atomic E-state index is 0.577. The van der Waals surface area contributed by atoms with Crippen LogP contribution in [0.1, 0.15) is 6.92 Å². The summed E-state index contributed by atoms with van der Waals surface area (Å²) in [7, 11) is 4.39. The summed E-state index contributed by atoms with van der Waals surface area (Å²) < 4.78 is 10.5. The molecule has 6 heteroatoms. The second-order valence-corrected chi connectivity index (χ2v) is 3.00. The Hall–Kier alpha value is -1.85. The van der Waals surface area contributed by atoms with Crippen molar-refractivity contribution in [3.8, 4) is 0 Å². The first-order valence-corrected chi connectivity index (χ1v) is 4.60. The Morgan fingerprint density at radius 3 is 1.94 bits per heavy atom. The smallest absolute Gasteiger partial charge is 0.319 e. The van der Waals surface area contributed by atoms with Crippen molar-refractivity contribution < 1.29 is 19.1 Å². The molecule has 1 heterocycles. The Bertz CT molecular complexity index is 306. The van der Waals surface area contributed by atoms with Crippen LogP contribution in [0.25, 0.3) is 0 Å². The van der Waals surface area contributed by atoms with E-state index < -0.39 is 17.9 Å². The van der Waals surface area contributed by atoms with Crippen LogP contribution in [0.15, 0.2) is 18.7 Å². The first-order valence-electron chi connectivity index (χ1n) is 4.60. The molecule has 1 aromatic rings. The normalized spacial score (nSPS) is 9.06. The molecule has 0 unspecified atom stereocenters. The molecule has 0 saturated heterocycles. The third-order valence-electron chi connectivity index (χ3n) is 1.75. The quantitative estimate of drug-likeness (QED) is 0.541. The average molecular weight is 228 g/mol. The molecule has 1 aromatic heterocycles. The summed E-state index contributed by atoms with van der Waals surface area (Å²) in [4.78, 5) is 25.0. The van der Waals surface area contributed by atoms with Gasteiger partial charge < -0.3 is 14.0 Å². The van der Waals surface area contributed by atoms with Gasteiger partial charge in [-0.1, -0.05) is 0 Å². The first kappa shape index (κ1) is 14.2. The summed E-state index contributed by atoms with van der Waals surface area (Å²) in [6.07, 6.45) is 5.39. The van der Waals surface area contributed by atoms with E-state index >= 15 is 0 Å². The molecule has 6 nitrogen and oxygen atoms in total. The lowest BCUT2D eigenvalue weighted by atomic mass is 10.2. The Kier molecular flexibility index (Phi) is 6.58. The van der Waals surface area contributed by atoms with Crippen LogP contribution in [-0.4, -0.2) is 35.7 Å². The zero-order valence-corrected chi connectivity index (χ0v) is 9.84. The van der Waals surface area contributed by atoms with Gasteiger partial charge in [-0.3, -0.25) is 9.59 Å². The van der Waals surface area contributed by atoms with Gasteiger partial charge in [-0.05, 0) is 6.92 Å². The summed E-state index contributed by atoms with van der Waals surface area (Å²) in [5.74, 6) is -1.98. The molecule has 0 aromatic carbocycles. The van der Waals surface area contributed by atoms with E-state index in [1.165, 1.54) is 21.1 Å². The summed E-state index contributed by atoms with van der Waals surface area (Å²) in [6, 6.07) is 0. The molecule has 0 bridgehead atoms. The molecular weight excluding hydrogens is 212 g/mol. The van der Waals surface area contributed by atoms with Crippen molar-refractivity contribution >= 4 is 11.9 Å². The summed E-state index contributed by atoms with van der Waals surface area (Å²) >= 11 is 0. The van der Waals surface area contributed by atoms with Gasteiger partial charge in [0.05, 0.1) is 20.5 Å². The van der Waals surface area contributed by atoms with Gasteiger partial charge in [0.2, 0.25) is 0 Å². The molecule has 0 amide bonds. The van der Waals surface area contributed by atoms with Crippen LogP contribution >= 0.6 is 0 Å². The Balaban J connectivity index is 0.000000315. The zero-order valence-electron chi connectivity index (χ0n) is 9.84. The topological polar surface area (TPSA) is 70.4 Å². The highest BCUT2D eigenvalue weighted by Crippen LogP contribution is 1.98. The molecule has 0 spiro atoms. The van der Waals surface area contributed by atoms with Gasteiger partial charge >= 0.3 is 11.9 Å². The van der Waals surface area contributed by atoms with E-state index in [2.05, 4.69) is 14.5 Å². The van der Waals surface area contributed by atoms with E-state index in [0.717, 1.165) is 0 Å². The molecular formula is C10H16N2O4. The summed E-state index contributed by atoms with van der Waals surface area (Å²) in [5, 5.41) is 0. The number of nitrogens with zero attached hydrogens (tertiary/aromatic N) is 2. The van der Waals surface area contributed by atoms with Gasteiger partial charge in [0.15, 0.2) is 5.92 Å². The number of hydrogen-bond acceptors (Lipinski definition) is 5. The second-order valence-electron chi connectivity index (χ2n) is 3.00. The van der Waals surface area contributed by atoms with Crippen molar-refractivity contribution in [2.45, 2.75) is 6.92 Å². The minimum atomic E-state index is -0.824. The average Bonchev–Trinajstić information content (AvgIpc) is 2.77. The predicted molar refractivity (Wildman–Crippen MR) is 56.4 cm³/mol. The number of esters is 2. The molecule has 0 aliphatic carbocycles.